The molecule has 10 nitrogen and oxygen atoms in total. The summed E-state index contributed by atoms with van der Waals surface area (Å²) >= 11 is 1.26. The van der Waals surface area contributed by atoms with Gasteiger partial charge in [0.1, 0.15) is 5.75 Å². The molecule has 0 spiro atoms. The monoisotopic (exact) mass is 430 g/mol. The summed E-state index contributed by atoms with van der Waals surface area (Å²) in [6.45, 7) is 9.19. The topological polar surface area (TPSA) is 118 Å². The summed E-state index contributed by atoms with van der Waals surface area (Å²) < 4.78 is 7.46. The van der Waals surface area contributed by atoms with Gasteiger partial charge in [0.15, 0.2) is 5.16 Å². The van der Waals surface area contributed by atoms with Crippen molar-refractivity contribution in [2.24, 2.45) is 0 Å². The van der Waals surface area contributed by atoms with Crippen LogP contribution in [-0.4, -0.2) is 55.4 Å². The Labute approximate surface area is 179 Å². The van der Waals surface area contributed by atoms with Crippen molar-refractivity contribution >= 4 is 41.0 Å². The molecule has 0 unspecified atom stereocenters. The fourth-order valence-electron chi connectivity index (χ4n) is 2.64. The molecule has 2 aromatic heterocycles. The molecular weight excluding hydrogens is 404 g/mol. The lowest BCUT2D eigenvalue weighted by atomic mass is 10.3. The van der Waals surface area contributed by atoms with E-state index in [9.17, 15) is 4.79 Å². The first-order valence-corrected chi connectivity index (χ1v) is 10.8. The van der Waals surface area contributed by atoms with Crippen LogP contribution in [0.4, 0.5) is 17.6 Å². The summed E-state index contributed by atoms with van der Waals surface area (Å²) in [5.41, 5.74) is 0.634. The molecule has 3 N–H and O–H groups in total. The van der Waals surface area contributed by atoms with Crippen LogP contribution in [0.2, 0.25) is 0 Å². The van der Waals surface area contributed by atoms with E-state index in [-0.39, 0.29) is 17.8 Å². The molecule has 0 aliphatic carbocycles. The summed E-state index contributed by atoms with van der Waals surface area (Å²) in [5, 5.41) is 18.0. The van der Waals surface area contributed by atoms with Crippen LogP contribution in [-0.2, 0) is 4.79 Å². The smallest absolute Gasteiger partial charge is 0.261 e. The summed E-state index contributed by atoms with van der Waals surface area (Å²) in [6, 6.07) is 7.36. The number of ether oxygens (including phenoxy) is 1. The number of benzene rings is 1. The third-order valence-corrected chi connectivity index (χ3v) is 4.70. The molecule has 3 aromatic rings. The minimum atomic E-state index is -0.174. The van der Waals surface area contributed by atoms with E-state index in [0.717, 1.165) is 0 Å². The van der Waals surface area contributed by atoms with Gasteiger partial charge in [-0.05, 0) is 39.8 Å². The number of rotatable bonds is 10. The molecule has 11 heteroatoms. The van der Waals surface area contributed by atoms with E-state index in [0.29, 0.717) is 47.4 Å². The van der Waals surface area contributed by atoms with Crippen LogP contribution in [0.15, 0.2) is 29.4 Å². The highest BCUT2D eigenvalue weighted by Gasteiger charge is 2.16. The number of fused-ring (bicyclic) bond motifs is 1. The zero-order valence-corrected chi connectivity index (χ0v) is 18.3. The molecule has 0 atom stereocenters. The standard InChI is InChI=1S/C19H26N8O2S/c1-5-20-16-23-17(21-6-2)27-18(24-16)25-26-19(27)30-11-15(28)22-13-9-7-8-10-14(13)29-12(3)4/h7-10,12H,5-6,11H2,1-4H3,(H,22,28)(H2,20,21,23,24,25). The van der Waals surface area contributed by atoms with Gasteiger partial charge in [-0.25, -0.2) is 4.40 Å². The fraction of sp³-hybridized carbons (Fsp3) is 0.421. The van der Waals surface area contributed by atoms with Crippen molar-refractivity contribution in [3.63, 3.8) is 0 Å². The molecule has 0 aliphatic rings. The number of amides is 1. The van der Waals surface area contributed by atoms with Crippen LogP contribution in [0.25, 0.3) is 5.78 Å². The first-order valence-electron chi connectivity index (χ1n) is 9.81. The normalized spacial score (nSPS) is 11.0. The van der Waals surface area contributed by atoms with Crippen LogP contribution in [0, 0.1) is 0 Å². The van der Waals surface area contributed by atoms with E-state index in [1.54, 1.807) is 4.40 Å². The third-order valence-electron chi connectivity index (χ3n) is 3.77. The largest absolute Gasteiger partial charge is 0.489 e. The molecule has 0 fully saturated rings. The summed E-state index contributed by atoms with van der Waals surface area (Å²) in [7, 11) is 0. The van der Waals surface area contributed by atoms with E-state index in [1.807, 2.05) is 52.0 Å². The van der Waals surface area contributed by atoms with Crippen LogP contribution in [0.3, 0.4) is 0 Å². The number of anilines is 3. The number of carbonyl (C=O) groups excluding carboxylic acids is 1. The number of hydrogen-bond acceptors (Lipinski definition) is 9. The minimum Gasteiger partial charge on any atom is -0.489 e. The molecule has 160 valence electrons. The third kappa shape index (κ3) is 5.29. The van der Waals surface area contributed by atoms with Gasteiger partial charge in [0.05, 0.1) is 17.5 Å². The Hall–Kier alpha value is -3.08. The highest BCUT2D eigenvalue weighted by atomic mass is 32.2. The summed E-state index contributed by atoms with van der Waals surface area (Å²) in [6.07, 6.45) is 0.0105. The SMILES string of the molecule is CCNc1nc(NCC)n2c(SCC(=O)Nc3ccccc3OC(C)C)nnc2n1. The molecular formula is C19H26N8O2S. The zero-order valence-electron chi connectivity index (χ0n) is 17.5. The summed E-state index contributed by atoms with van der Waals surface area (Å²) in [5.74, 6) is 2.07. The van der Waals surface area contributed by atoms with Gasteiger partial charge in [-0.1, -0.05) is 23.9 Å². The molecule has 1 amide bonds. The van der Waals surface area contributed by atoms with Gasteiger partial charge < -0.3 is 20.7 Å². The molecule has 0 saturated heterocycles. The van der Waals surface area contributed by atoms with Crippen molar-refractivity contribution in [3.05, 3.63) is 24.3 Å². The number of thioether (sulfide) groups is 1. The van der Waals surface area contributed by atoms with Crippen LogP contribution < -0.4 is 20.7 Å². The lowest BCUT2D eigenvalue weighted by Gasteiger charge is -2.14. The predicted octanol–water partition coefficient (Wildman–Crippen LogP) is 2.90. The number of para-hydroxylation sites is 2. The quantitative estimate of drug-likeness (QED) is 0.417. The molecule has 0 aliphatic heterocycles. The van der Waals surface area contributed by atoms with Gasteiger partial charge in [-0.2, -0.15) is 9.97 Å². The molecule has 2 heterocycles. The Morgan fingerprint density at radius 3 is 2.63 bits per heavy atom. The van der Waals surface area contributed by atoms with E-state index in [4.69, 9.17) is 4.74 Å². The van der Waals surface area contributed by atoms with Gasteiger partial charge in [0, 0.05) is 13.1 Å². The Bertz CT molecular complexity index is 1010. The van der Waals surface area contributed by atoms with Gasteiger partial charge in [0.25, 0.3) is 5.78 Å². The number of nitrogens with zero attached hydrogens (tertiary/aromatic N) is 5. The molecule has 0 radical (unpaired) electrons. The zero-order chi connectivity index (χ0) is 21.5. The van der Waals surface area contributed by atoms with Crippen molar-refractivity contribution < 1.29 is 9.53 Å². The second-order valence-electron chi connectivity index (χ2n) is 6.55. The lowest BCUT2D eigenvalue weighted by Crippen LogP contribution is -2.16. The van der Waals surface area contributed by atoms with E-state index < -0.39 is 0 Å². The fourth-order valence-corrected chi connectivity index (χ4v) is 3.37. The van der Waals surface area contributed by atoms with Gasteiger partial charge in [0.2, 0.25) is 17.8 Å². The van der Waals surface area contributed by atoms with E-state index in [1.165, 1.54) is 11.8 Å². The molecule has 0 bridgehead atoms. The van der Waals surface area contributed by atoms with Gasteiger partial charge >= 0.3 is 0 Å². The van der Waals surface area contributed by atoms with E-state index >= 15 is 0 Å². The van der Waals surface area contributed by atoms with Crippen molar-refractivity contribution in [1.29, 1.82) is 0 Å². The van der Waals surface area contributed by atoms with Crippen LogP contribution in [0.5, 0.6) is 5.75 Å². The maximum atomic E-state index is 12.5. The average molecular weight is 431 g/mol. The molecule has 0 saturated carbocycles. The molecule has 3 rings (SSSR count). The van der Waals surface area contributed by atoms with Gasteiger partial charge in [-0.3, -0.25) is 4.79 Å². The minimum absolute atomic E-state index is 0.0105. The first kappa shape index (κ1) is 21.6. The maximum absolute atomic E-state index is 12.5. The Balaban J connectivity index is 1.74. The number of aromatic nitrogens is 5. The van der Waals surface area contributed by atoms with Gasteiger partial charge in [-0.15, -0.1) is 10.2 Å². The number of hydrogen-bond donors (Lipinski definition) is 3. The Kier molecular flexibility index (Phi) is 7.28. The number of nitrogens with one attached hydrogen (secondary N) is 3. The molecule has 30 heavy (non-hydrogen) atoms. The van der Waals surface area contributed by atoms with Crippen LogP contribution >= 0.6 is 11.8 Å². The number of carbonyl (C=O) groups is 1. The van der Waals surface area contributed by atoms with Crippen molar-refractivity contribution in [2.75, 3.05) is 34.8 Å². The second kappa shape index (κ2) is 10.1. The first-order chi connectivity index (χ1) is 14.5. The average Bonchev–Trinajstić information content (AvgIpc) is 3.11. The van der Waals surface area contributed by atoms with Crippen molar-refractivity contribution in [3.8, 4) is 5.75 Å². The lowest BCUT2D eigenvalue weighted by molar-refractivity contribution is -0.113. The Morgan fingerprint density at radius 2 is 1.90 bits per heavy atom. The predicted molar refractivity (Wildman–Crippen MR) is 118 cm³/mol. The molecule has 1 aromatic carbocycles. The maximum Gasteiger partial charge on any atom is 0.261 e. The Morgan fingerprint density at radius 1 is 1.13 bits per heavy atom. The van der Waals surface area contributed by atoms with Crippen molar-refractivity contribution in [2.45, 2.75) is 39.0 Å². The highest BCUT2D eigenvalue weighted by molar-refractivity contribution is 7.99. The highest BCUT2D eigenvalue weighted by Crippen LogP contribution is 2.26. The second-order valence-corrected chi connectivity index (χ2v) is 7.49. The van der Waals surface area contributed by atoms with Crippen molar-refractivity contribution in [1.82, 2.24) is 24.6 Å². The summed E-state index contributed by atoms with van der Waals surface area (Å²) in [4.78, 5) is 21.4. The van der Waals surface area contributed by atoms with Crippen LogP contribution in [0.1, 0.15) is 27.7 Å². The van der Waals surface area contributed by atoms with E-state index in [2.05, 4.69) is 36.1 Å².